The smallest absolute Gasteiger partial charge is 0.193 e. The average molecular weight is 316 g/mol. The van der Waals surface area contributed by atoms with Crippen LogP contribution in [0, 0.1) is 0 Å². The lowest BCUT2D eigenvalue weighted by molar-refractivity contribution is -0.0163. The Balaban J connectivity index is 1.51. The van der Waals surface area contributed by atoms with Crippen LogP contribution in [0.3, 0.4) is 0 Å². The van der Waals surface area contributed by atoms with Crippen LogP contribution in [0.2, 0.25) is 0 Å². The number of morpholine rings is 1. The predicted molar refractivity (Wildman–Crippen MR) is 94.0 cm³/mol. The summed E-state index contributed by atoms with van der Waals surface area (Å²) in [5.41, 5.74) is 1.43. The zero-order valence-electron chi connectivity index (χ0n) is 14.2. The van der Waals surface area contributed by atoms with E-state index < -0.39 is 0 Å². The van der Waals surface area contributed by atoms with Gasteiger partial charge in [0, 0.05) is 45.7 Å². The standard InChI is InChI=1S/C18H28N4O/c1-19-18(20-12-17-14-21(2)10-11-23-17)22-9-8-16(13-22)15-6-4-3-5-7-15/h3-7,16-17H,8-14H2,1-2H3,(H,19,20). The van der Waals surface area contributed by atoms with Gasteiger partial charge in [0.2, 0.25) is 0 Å². The predicted octanol–water partition coefficient (Wildman–Crippen LogP) is 1.38. The van der Waals surface area contributed by atoms with Crippen molar-refractivity contribution < 1.29 is 4.74 Å². The number of aliphatic imine (C=N–C) groups is 1. The summed E-state index contributed by atoms with van der Waals surface area (Å²) in [5.74, 6) is 1.60. The molecule has 0 bridgehead atoms. The average Bonchev–Trinajstić information content (AvgIpc) is 3.06. The van der Waals surface area contributed by atoms with Crippen molar-refractivity contribution in [3.8, 4) is 0 Å². The third-order valence-electron chi connectivity index (χ3n) is 4.80. The topological polar surface area (TPSA) is 40.1 Å². The summed E-state index contributed by atoms with van der Waals surface area (Å²) in [7, 11) is 4.02. The minimum atomic E-state index is 0.248. The monoisotopic (exact) mass is 316 g/mol. The van der Waals surface area contributed by atoms with Gasteiger partial charge in [-0.15, -0.1) is 0 Å². The molecule has 3 rings (SSSR count). The largest absolute Gasteiger partial charge is 0.374 e. The first kappa shape index (κ1) is 16.3. The Morgan fingerprint density at radius 2 is 2.09 bits per heavy atom. The Morgan fingerprint density at radius 3 is 2.83 bits per heavy atom. The van der Waals surface area contributed by atoms with Crippen LogP contribution in [-0.2, 0) is 4.74 Å². The number of nitrogens with zero attached hydrogens (tertiary/aromatic N) is 3. The van der Waals surface area contributed by atoms with Crippen molar-refractivity contribution in [1.29, 1.82) is 0 Å². The molecule has 1 N–H and O–H groups in total. The van der Waals surface area contributed by atoms with Crippen molar-refractivity contribution in [3.05, 3.63) is 35.9 Å². The Morgan fingerprint density at radius 1 is 1.26 bits per heavy atom. The molecule has 2 aliphatic rings. The van der Waals surface area contributed by atoms with Gasteiger partial charge in [-0.2, -0.15) is 0 Å². The van der Waals surface area contributed by atoms with Gasteiger partial charge in [0.05, 0.1) is 12.7 Å². The number of ether oxygens (including phenoxy) is 1. The summed E-state index contributed by atoms with van der Waals surface area (Å²) in [6.07, 6.45) is 1.44. The van der Waals surface area contributed by atoms with E-state index in [1.807, 2.05) is 7.05 Å². The van der Waals surface area contributed by atoms with Crippen molar-refractivity contribution in [2.24, 2.45) is 4.99 Å². The van der Waals surface area contributed by atoms with Gasteiger partial charge < -0.3 is 19.9 Å². The van der Waals surface area contributed by atoms with Crippen molar-refractivity contribution in [2.45, 2.75) is 18.4 Å². The molecule has 2 unspecified atom stereocenters. The quantitative estimate of drug-likeness (QED) is 0.676. The van der Waals surface area contributed by atoms with E-state index in [0.29, 0.717) is 5.92 Å². The lowest BCUT2D eigenvalue weighted by Crippen LogP contribution is -2.49. The van der Waals surface area contributed by atoms with E-state index in [1.54, 1.807) is 0 Å². The molecule has 2 atom stereocenters. The third kappa shape index (κ3) is 4.24. The van der Waals surface area contributed by atoms with Gasteiger partial charge in [0.15, 0.2) is 5.96 Å². The van der Waals surface area contributed by atoms with Gasteiger partial charge in [-0.05, 0) is 19.0 Å². The van der Waals surface area contributed by atoms with Crippen LogP contribution < -0.4 is 5.32 Å². The molecule has 5 nitrogen and oxygen atoms in total. The molecule has 2 saturated heterocycles. The maximum atomic E-state index is 5.82. The molecule has 23 heavy (non-hydrogen) atoms. The molecule has 0 aliphatic carbocycles. The maximum absolute atomic E-state index is 5.82. The molecule has 0 aromatic heterocycles. The van der Waals surface area contributed by atoms with Gasteiger partial charge in [0.1, 0.15) is 0 Å². The van der Waals surface area contributed by atoms with E-state index >= 15 is 0 Å². The van der Waals surface area contributed by atoms with Gasteiger partial charge in [0.25, 0.3) is 0 Å². The molecule has 2 fully saturated rings. The fourth-order valence-electron chi connectivity index (χ4n) is 3.48. The number of hydrogen-bond acceptors (Lipinski definition) is 3. The van der Waals surface area contributed by atoms with Crippen molar-refractivity contribution in [2.75, 3.05) is 53.4 Å². The first-order valence-corrected chi connectivity index (χ1v) is 8.57. The van der Waals surface area contributed by atoms with Gasteiger partial charge in [-0.3, -0.25) is 4.99 Å². The second kappa shape index (κ2) is 7.79. The molecular formula is C18H28N4O. The maximum Gasteiger partial charge on any atom is 0.193 e. The van der Waals surface area contributed by atoms with Crippen LogP contribution in [0.4, 0.5) is 0 Å². The molecule has 2 heterocycles. The number of likely N-dealkylation sites (N-methyl/N-ethyl adjacent to an activating group) is 1. The molecule has 0 saturated carbocycles. The van der Waals surface area contributed by atoms with Crippen LogP contribution >= 0.6 is 0 Å². The second-order valence-corrected chi connectivity index (χ2v) is 6.53. The van der Waals surface area contributed by atoms with Crippen molar-refractivity contribution in [1.82, 2.24) is 15.1 Å². The number of nitrogens with one attached hydrogen (secondary N) is 1. The van der Waals surface area contributed by atoms with E-state index in [1.165, 1.54) is 12.0 Å². The highest BCUT2D eigenvalue weighted by Gasteiger charge is 2.26. The number of likely N-dealkylation sites (tertiary alicyclic amines) is 1. The number of benzene rings is 1. The minimum absolute atomic E-state index is 0.248. The molecule has 2 aliphatic heterocycles. The van der Waals surface area contributed by atoms with E-state index in [-0.39, 0.29) is 6.10 Å². The Kier molecular flexibility index (Phi) is 5.51. The highest BCUT2D eigenvalue weighted by Crippen LogP contribution is 2.26. The Bertz CT molecular complexity index is 519. The van der Waals surface area contributed by atoms with Crippen LogP contribution in [-0.4, -0.2) is 75.3 Å². The fourth-order valence-corrected chi connectivity index (χ4v) is 3.48. The Labute approximate surface area is 139 Å². The molecule has 126 valence electrons. The summed E-state index contributed by atoms with van der Waals surface area (Å²) in [5, 5.41) is 3.50. The molecular weight excluding hydrogens is 288 g/mol. The summed E-state index contributed by atoms with van der Waals surface area (Å²) in [6, 6.07) is 10.8. The molecule has 0 radical (unpaired) electrons. The minimum Gasteiger partial charge on any atom is -0.374 e. The number of rotatable bonds is 3. The summed E-state index contributed by atoms with van der Waals surface area (Å²) in [6.45, 7) is 5.75. The van der Waals surface area contributed by atoms with Gasteiger partial charge >= 0.3 is 0 Å². The molecule has 0 amide bonds. The normalized spacial score (nSPS) is 26.5. The van der Waals surface area contributed by atoms with Crippen molar-refractivity contribution >= 4 is 5.96 Å². The number of hydrogen-bond donors (Lipinski definition) is 1. The lowest BCUT2D eigenvalue weighted by atomic mass is 9.99. The van der Waals surface area contributed by atoms with Gasteiger partial charge in [-0.25, -0.2) is 0 Å². The summed E-state index contributed by atoms with van der Waals surface area (Å²) < 4.78 is 5.82. The van der Waals surface area contributed by atoms with E-state index in [2.05, 4.69) is 57.5 Å². The SMILES string of the molecule is CN=C(NCC1CN(C)CCO1)N1CCC(c2ccccc2)C1. The van der Waals surface area contributed by atoms with Gasteiger partial charge in [-0.1, -0.05) is 30.3 Å². The molecule has 5 heteroatoms. The van der Waals surface area contributed by atoms with Crippen LogP contribution in [0.1, 0.15) is 17.9 Å². The summed E-state index contributed by atoms with van der Waals surface area (Å²) in [4.78, 5) is 9.15. The highest BCUT2D eigenvalue weighted by atomic mass is 16.5. The third-order valence-corrected chi connectivity index (χ3v) is 4.80. The first-order valence-electron chi connectivity index (χ1n) is 8.57. The lowest BCUT2D eigenvalue weighted by Gasteiger charge is -2.31. The van der Waals surface area contributed by atoms with E-state index in [0.717, 1.165) is 45.3 Å². The van der Waals surface area contributed by atoms with E-state index in [9.17, 15) is 0 Å². The zero-order chi connectivity index (χ0) is 16.1. The van der Waals surface area contributed by atoms with E-state index in [4.69, 9.17) is 4.74 Å². The highest BCUT2D eigenvalue weighted by molar-refractivity contribution is 5.80. The first-order chi connectivity index (χ1) is 11.3. The van der Waals surface area contributed by atoms with Crippen LogP contribution in [0.15, 0.2) is 35.3 Å². The zero-order valence-corrected chi connectivity index (χ0v) is 14.2. The second-order valence-electron chi connectivity index (χ2n) is 6.53. The molecule has 1 aromatic rings. The van der Waals surface area contributed by atoms with Crippen LogP contribution in [0.25, 0.3) is 0 Å². The molecule has 1 aromatic carbocycles. The Hall–Kier alpha value is -1.59. The summed E-state index contributed by atoms with van der Waals surface area (Å²) >= 11 is 0. The fraction of sp³-hybridized carbons (Fsp3) is 0.611. The van der Waals surface area contributed by atoms with Crippen molar-refractivity contribution in [3.63, 3.8) is 0 Å². The van der Waals surface area contributed by atoms with Crippen LogP contribution in [0.5, 0.6) is 0 Å². The number of guanidine groups is 1. The molecule has 0 spiro atoms.